The molecule has 1 aliphatic heterocycles. The fourth-order valence-electron chi connectivity index (χ4n) is 2.64. The smallest absolute Gasteiger partial charge is 0.223 e. The molecule has 0 saturated carbocycles. The molecule has 1 heterocycles. The predicted molar refractivity (Wildman–Crippen MR) is 97.0 cm³/mol. The first-order valence-electron chi connectivity index (χ1n) is 7.48. The summed E-state index contributed by atoms with van der Waals surface area (Å²) >= 11 is 7.75. The first-order valence-corrected chi connectivity index (χ1v) is 8.85. The third-order valence-corrected chi connectivity index (χ3v) is 5.56. The van der Waals surface area contributed by atoms with Gasteiger partial charge in [-0.05, 0) is 37.8 Å². The largest absolute Gasteiger partial charge is 0.343 e. The molecule has 22 heavy (non-hydrogen) atoms. The summed E-state index contributed by atoms with van der Waals surface area (Å²) in [5.74, 6) is 1.58. The number of benzene rings is 1. The number of halogens is 2. The average Bonchev–Trinajstić information content (AvgIpc) is 2.49. The van der Waals surface area contributed by atoms with Gasteiger partial charge in [-0.25, -0.2) is 0 Å². The summed E-state index contributed by atoms with van der Waals surface area (Å²) in [6, 6.07) is 7.99. The maximum Gasteiger partial charge on any atom is 0.223 e. The standard InChI is InChI=1S/C16H23ClN2OS.ClH/c1-12(18)13-6-9-19(10-7-13)16(20)8-11-21-15-5-3-2-4-14(15)17;/h2-5,12-13H,6-11,18H2,1H3;1H. The molecule has 0 aromatic heterocycles. The molecular weight excluding hydrogens is 339 g/mol. The molecule has 0 radical (unpaired) electrons. The highest BCUT2D eigenvalue weighted by Crippen LogP contribution is 2.27. The van der Waals surface area contributed by atoms with Crippen LogP contribution in [0.2, 0.25) is 5.02 Å². The van der Waals surface area contributed by atoms with Crippen LogP contribution in [-0.4, -0.2) is 35.7 Å². The van der Waals surface area contributed by atoms with Crippen LogP contribution < -0.4 is 5.73 Å². The lowest BCUT2D eigenvalue weighted by molar-refractivity contribution is -0.132. The molecule has 1 aromatic rings. The number of carbonyl (C=O) groups is 1. The number of hydrogen-bond donors (Lipinski definition) is 1. The van der Waals surface area contributed by atoms with Crippen LogP contribution in [0.3, 0.4) is 0 Å². The normalized spacial score (nSPS) is 17.0. The number of hydrogen-bond acceptors (Lipinski definition) is 3. The van der Waals surface area contributed by atoms with E-state index in [0.717, 1.165) is 41.6 Å². The first kappa shape index (κ1) is 19.6. The van der Waals surface area contributed by atoms with E-state index in [4.69, 9.17) is 17.3 Å². The SMILES string of the molecule is CC(N)C1CCN(C(=O)CCSc2ccccc2Cl)CC1.Cl. The number of likely N-dealkylation sites (tertiary alicyclic amines) is 1. The highest BCUT2D eigenvalue weighted by molar-refractivity contribution is 7.99. The van der Waals surface area contributed by atoms with Gasteiger partial charge in [0.05, 0.1) is 5.02 Å². The topological polar surface area (TPSA) is 46.3 Å². The van der Waals surface area contributed by atoms with Gasteiger partial charge in [0.25, 0.3) is 0 Å². The van der Waals surface area contributed by atoms with Gasteiger partial charge >= 0.3 is 0 Å². The summed E-state index contributed by atoms with van der Waals surface area (Å²) in [6.45, 7) is 3.76. The Hall–Kier alpha value is -0.420. The molecule has 1 aliphatic rings. The van der Waals surface area contributed by atoms with E-state index >= 15 is 0 Å². The third kappa shape index (κ3) is 5.65. The molecule has 6 heteroatoms. The Bertz CT molecular complexity index is 477. The van der Waals surface area contributed by atoms with Crippen LogP contribution in [0.25, 0.3) is 0 Å². The minimum atomic E-state index is 0. The molecule has 1 unspecified atom stereocenters. The van der Waals surface area contributed by atoms with E-state index in [0.29, 0.717) is 12.3 Å². The van der Waals surface area contributed by atoms with E-state index in [1.54, 1.807) is 11.8 Å². The van der Waals surface area contributed by atoms with Crippen molar-refractivity contribution in [1.29, 1.82) is 0 Å². The van der Waals surface area contributed by atoms with Gasteiger partial charge in [-0.15, -0.1) is 24.2 Å². The van der Waals surface area contributed by atoms with E-state index < -0.39 is 0 Å². The van der Waals surface area contributed by atoms with Crippen LogP contribution in [0.15, 0.2) is 29.2 Å². The zero-order valence-corrected chi connectivity index (χ0v) is 15.2. The lowest BCUT2D eigenvalue weighted by atomic mass is 9.91. The average molecular weight is 363 g/mol. The molecule has 0 bridgehead atoms. The van der Waals surface area contributed by atoms with Gasteiger partial charge < -0.3 is 10.6 Å². The molecule has 1 fully saturated rings. The number of amides is 1. The van der Waals surface area contributed by atoms with Crippen molar-refractivity contribution in [3.05, 3.63) is 29.3 Å². The molecule has 1 aromatic carbocycles. The van der Waals surface area contributed by atoms with Crippen LogP contribution >= 0.6 is 35.8 Å². The summed E-state index contributed by atoms with van der Waals surface area (Å²) < 4.78 is 0. The molecule has 3 nitrogen and oxygen atoms in total. The van der Waals surface area contributed by atoms with Crippen molar-refractivity contribution in [2.24, 2.45) is 11.7 Å². The van der Waals surface area contributed by atoms with Crippen molar-refractivity contribution >= 4 is 41.7 Å². The van der Waals surface area contributed by atoms with Crippen LogP contribution in [0.4, 0.5) is 0 Å². The van der Waals surface area contributed by atoms with Crippen molar-refractivity contribution < 1.29 is 4.79 Å². The number of carbonyl (C=O) groups excluding carboxylic acids is 1. The maximum absolute atomic E-state index is 12.2. The zero-order valence-electron chi connectivity index (χ0n) is 12.8. The van der Waals surface area contributed by atoms with Gasteiger partial charge in [0, 0.05) is 36.2 Å². The quantitative estimate of drug-likeness (QED) is 0.809. The molecule has 2 N–H and O–H groups in total. The van der Waals surface area contributed by atoms with Gasteiger partial charge in [0.2, 0.25) is 5.91 Å². The highest BCUT2D eigenvalue weighted by Gasteiger charge is 2.24. The Labute approximate surface area is 148 Å². The number of rotatable bonds is 5. The maximum atomic E-state index is 12.2. The van der Waals surface area contributed by atoms with Gasteiger partial charge in [-0.1, -0.05) is 23.7 Å². The molecule has 1 amide bonds. The second kappa shape index (κ2) is 9.66. The van der Waals surface area contributed by atoms with Crippen LogP contribution in [-0.2, 0) is 4.79 Å². The molecule has 2 rings (SSSR count). The molecule has 124 valence electrons. The number of nitrogens with zero attached hydrogens (tertiary/aromatic N) is 1. The lowest BCUT2D eigenvalue weighted by Crippen LogP contribution is -2.42. The Morgan fingerprint density at radius 3 is 2.64 bits per heavy atom. The van der Waals surface area contributed by atoms with E-state index in [2.05, 4.69) is 6.92 Å². The minimum Gasteiger partial charge on any atom is -0.343 e. The summed E-state index contributed by atoms with van der Waals surface area (Å²) in [5.41, 5.74) is 5.93. The Morgan fingerprint density at radius 2 is 2.05 bits per heavy atom. The molecule has 1 atom stereocenters. The monoisotopic (exact) mass is 362 g/mol. The van der Waals surface area contributed by atoms with Crippen molar-refractivity contribution in [2.45, 2.75) is 37.1 Å². The van der Waals surface area contributed by atoms with Crippen molar-refractivity contribution in [2.75, 3.05) is 18.8 Å². The van der Waals surface area contributed by atoms with E-state index in [-0.39, 0.29) is 24.4 Å². The third-order valence-electron chi connectivity index (χ3n) is 4.05. The summed E-state index contributed by atoms with van der Waals surface area (Å²) in [7, 11) is 0. The highest BCUT2D eigenvalue weighted by atomic mass is 35.5. The minimum absolute atomic E-state index is 0. The fraction of sp³-hybridized carbons (Fsp3) is 0.562. The van der Waals surface area contributed by atoms with Gasteiger partial charge in [-0.2, -0.15) is 0 Å². The van der Waals surface area contributed by atoms with Crippen LogP contribution in [0.5, 0.6) is 0 Å². The van der Waals surface area contributed by atoms with Crippen LogP contribution in [0, 0.1) is 5.92 Å². The first-order chi connectivity index (χ1) is 10.1. The van der Waals surface area contributed by atoms with Crippen molar-refractivity contribution in [3.63, 3.8) is 0 Å². The number of thioether (sulfide) groups is 1. The molecule has 0 spiro atoms. The second-order valence-electron chi connectivity index (χ2n) is 5.61. The summed E-state index contributed by atoms with van der Waals surface area (Å²) in [6.07, 6.45) is 2.63. The van der Waals surface area contributed by atoms with Gasteiger partial charge in [0.1, 0.15) is 0 Å². The van der Waals surface area contributed by atoms with Gasteiger partial charge in [0.15, 0.2) is 0 Å². The van der Waals surface area contributed by atoms with Crippen molar-refractivity contribution in [1.82, 2.24) is 4.90 Å². The summed E-state index contributed by atoms with van der Waals surface area (Å²) in [5, 5.41) is 0.757. The summed E-state index contributed by atoms with van der Waals surface area (Å²) in [4.78, 5) is 15.2. The second-order valence-corrected chi connectivity index (χ2v) is 7.15. The molecule has 1 saturated heterocycles. The van der Waals surface area contributed by atoms with E-state index in [1.807, 2.05) is 29.2 Å². The number of nitrogens with two attached hydrogens (primary N) is 1. The molecule has 0 aliphatic carbocycles. The molecular formula is C16H24Cl2N2OS. The Morgan fingerprint density at radius 1 is 1.41 bits per heavy atom. The Balaban J connectivity index is 0.00000242. The fourth-order valence-corrected chi connectivity index (χ4v) is 3.82. The van der Waals surface area contributed by atoms with E-state index in [1.165, 1.54) is 0 Å². The zero-order chi connectivity index (χ0) is 15.2. The lowest BCUT2D eigenvalue weighted by Gasteiger charge is -2.33. The van der Waals surface area contributed by atoms with Crippen molar-refractivity contribution in [3.8, 4) is 0 Å². The predicted octanol–water partition coefficient (Wildman–Crippen LogP) is 3.83. The van der Waals surface area contributed by atoms with Crippen LogP contribution in [0.1, 0.15) is 26.2 Å². The van der Waals surface area contributed by atoms with Gasteiger partial charge in [-0.3, -0.25) is 4.79 Å². The number of piperidine rings is 1. The Kier molecular flexibility index (Phi) is 8.62. The van der Waals surface area contributed by atoms with E-state index in [9.17, 15) is 4.79 Å².